The van der Waals surface area contributed by atoms with E-state index in [1.165, 1.54) is 0 Å². The lowest BCUT2D eigenvalue weighted by Gasteiger charge is -2.39. The molecule has 1 aliphatic heterocycles. The second kappa shape index (κ2) is 11.2. The number of hydrogen-bond acceptors (Lipinski definition) is 4. The van der Waals surface area contributed by atoms with Gasteiger partial charge in [0.15, 0.2) is 11.5 Å². The van der Waals surface area contributed by atoms with E-state index in [0.717, 1.165) is 33.3 Å². The fourth-order valence-corrected chi connectivity index (χ4v) is 5.65. The van der Waals surface area contributed by atoms with Gasteiger partial charge in [0, 0.05) is 48.9 Å². The van der Waals surface area contributed by atoms with Gasteiger partial charge in [0.1, 0.15) is 0 Å². The molecule has 7 nitrogen and oxygen atoms in total. The summed E-state index contributed by atoms with van der Waals surface area (Å²) in [5.74, 6) is 0.701. The third kappa shape index (κ3) is 4.97. The molecule has 0 spiro atoms. The highest BCUT2D eigenvalue weighted by Crippen LogP contribution is 2.44. The summed E-state index contributed by atoms with van der Waals surface area (Å²) in [7, 11) is 3.78. The number of aryl methyl sites for hydroxylation is 1. The van der Waals surface area contributed by atoms with Crippen LogP contribution in [0.15, 0.2) is 72.9 Å². The fourth-order valence-electron chi connectivity index (χ4n) is 5.65. The molecular formula is C32H35N3O4. The first-order valence-electron chi connectivity index (χ1n) is 13.5. The van der Waals surface area contributed by atoms with E-state index in [9.17, 15) is 9.59 Å². The van der Waals surface area contributed by atoms with Crippen LogP contribution in [0.25, 0.3) is 10.9 Å². The lowest BCUT2D eigenvalue weighted by molar-refractivity contribution is -0.124. The average Bonchev–Trinajstić information content (AvgIpc) is 3.28. The molecule has 1 aromatic heterocycles. The van der Waals surface area contributed by atoms with E-state index in [1.807, 2.05) is 81.7 Å². The Kier molecular flexibility index (Phi) is 7.59. The number of likely N-dealkylation sites (N-methyl/N-ethyl adjacent to an activating group) is 1. The van der Waals surface area contributed by atoms with E-state index in [1.54, 1.807) is 11.9 Å². The smallest absolute Gasteiger partial charge is 0.254 e. The van der Waals surface area contributed by atoms with Crippen LogP contribution in [0.3, 0.4) is 0 Å². The maximum absolute atomic E-state index is 13.9. The highest BCUT2D eigenvalue weighted by molar-refractivity contribution is 6.02. The van der Waals surface area contributed by atoms with E-state index in [-0.39, 0.29) is 11.8 Å². The third-order valence-corrected chi connectivity index (χ3v) is 7.43. The van der Waals surface area contributed by atoms with Gasteiger partial charge in [0.2, 0.25) is 5.91 Å². The van der Waals surface area contributed by atoms with Crippen LogP contribution in [0.4, 0.5) is 0 Å². The Labute approximate surface area is 229 Å². The highest BCUT2D eigenvalue weighted by Gasteiger charge is 2.43. The van der Waals surface area contributed by atoms with Crippen molar-refractivity contribution >= 4 is 22.7 Å². The average molecular weight is 526 g/mol. The minimum Gasteiger partial charge on any atom is -0.490 e. The van der Waals surface area contributed by atoms with Gasteiger partial charge in [-0.2, -0.15) is 0 Å². The van der Waals surface area contributed by atoms with E-state index < -0.39 is 12.0 Å². The van der Waals surface area contributed by atoms with Gasteiger partial charge in [-0.15, -0.1) is 0 Å². The number of nitrogens with one attached hydrogen (secondary N) is 1. The number of carbonyl (C=O) groups is 2. The fraction of sp³-hybridized carbons (Fsp3) is 0.312. The molecule has 1 N–H and O–H groups in total. The van der Waals surface area contributed by atoms with Crippen LogP contribution in [0.2, 0.25) is 0 Å². The van der Waals surface area contributed by atoms with Crippen LogP contribution in [0.1, 0.15) is 52.9 Å². The number of aromatic nitrogens is 1. The number of hydrogen-bond donors (Lipinski definition) is 1. The first-order valence-corrected chi connectivity index (χ1v) is 13.5. The van der Waals surface area contributed by atoms with Gasteiger partial charge >= 0.3 is 0 Å². The lowest BCUT2D eigenvalue weighted by Crippen LogP contribution is -2.45. The Morgan fingerprint density at radius 3 is 2.41 bits per heavy atom. The molecule has 2 unspecified atom stereocenters. The summed E-state index contributed by atoms with van der Waals surface area (Å²) in [6.45, 7) is 5.45. The molecule has 2 amide bonds. The second-order valence-corrected chi connectivity index (χ2v) is 9.83. The number of benzene rings is 3. The normalized spacial score (nSPS) is 16.7. The minimum absolute atomic E-state index is 0.0783. The largest absolute Gasteiger partial charge is 0.490 e. The zero-order valence-corrected chi connectivity index (χ0v) is 22.9. The third-order valence-electron chi connectivity index (χ3n) is 7.43. The summed E-state index contributed by atoms with van der Waals surface area (Å²) in [5, 5.41) is 4.21. The van der Waals surface area contributed by atoms with Gasteiger partial charge in [0.05, 0.1) is 25.2 Å². The van der Waals surface area contributed by atoms with Gasteiger partial charge < -0.3 is 24.3 Å². The topological polar surface area (TPSA) is 72.8 Å². The Hall–Kier alpha value is -4.26. The summed E-state index contributed by atoms with van der Waals surface area (Å²) >= 11 is 0. The number of rotatable bonds is 9. The van der Waals surface area contributed by atoms with Crippen molar-refractivity contribution in [2.45, 2.75) is 32.2 Å². The zero-order chi connectivity index (χ0) is 27.5. The van der Waals surface area contributed by atoms with Crippen LogP contribution in [-0.4, -0.2) is 48.1 Å². The van der Waals surface area contributed by atoms with Gasteiger partial charge in [-0.05, 0) is 55.7 Å². The highest BCUT2D eigenvalue weighted by atomic mass is 16.5. The van der Waals surface area contributed by atoms with E-state index >= 15 is 0 Å². The standard InChI is InChI=1S/C32H35N3O4/c1-5-38-27-16-15-21(19-28(27)39-6-2)17-18-33-31(36)29-23-12-7-8-13-24(23)32(37)35(4)30(29)25-20-34(3)26-14-10-9-11-22(25)26/h7-16,19-20,29-30H,5-6,17-18H2,1-4H3,(H,33,36). The monoisotopic (exact) mass is 525 g/mol. The number of para-hydroxylation sites is 1. The lowest BCUT2D eigenvalue weighted by atomic mass is 9.79. The summed E-state index contributed by atoms with van der Waals surface area (Å²) in [6.07, 6.45) is 2.68. The van der Waals surface area contributed by atoms with Gasteiger partial charge in [0.25, 0.3) is 5.91 Å². The molecule has 2 atom stereocenters. The van der Waals surface area contributed by atoms with Gasteiger partial charge in [-0.1, -0.05) is 42.5 Å². The molecule has 0 aliphatic carbocycles. The molecule has 0 fully saturated rings. The molecule has 7 heteroatoms. The Bertz CT molecular complexity index is 1510. The minimum atomic E-state index is -0.547. The Balaban J connectivity index is 1.44. The molecule has 0 saturated carbocycles. The molecule has 4 aromatic rings. The van der Waals surface area contributed by atoms with Crippen molar-refractivity contribution in [1.82, 2.24) is 14.8 Å². The number of nitrogens with zero attached hydrogens (tertiary/aromatic N) is 2. The quantitative estimate of drug-likeness (QED) is 0.324. The number of fused-ring (bicyclic) bond motifs is 2. The van der Waals surface area contributed by atoms with Crippen molar-refractivity contribution in [2.75, 3.05) is 26.8 Å². The summed E-state index contributed by atoms with van der Waals surface area (Å²) in [4.78, 5) is 29.1. The molecule has 39 heavy (non-hydrogen) atoms. The predicted octanol–water partition coefficient (Wildman–Crippen LogP) is 5.25. The number of amides is 2. The molecule has 3 aromatic carbocycles. The van der Waals surface area contributed by atoms with Crippen LogP contribution < -0.4 is 14.8 Å². The molecule has 0 bridgehead atoms. The van der Waals surface area contributed by atoms with E-state index in [4.69, 9.17) is 9.47 Å². The maximum atomic E-state index is 13.9. The van der Waals surface area contributed by atoms with Crippen LogP contribution in [0.5, 0.6) is 11.5 Å². The van der Waals surface area contributed by atoms with Crippen molar-refractivity contribution in [3.05, 3.63) is 95.2 Å². The first kappa shape index (κ1) is 26.4. The zero-order valence-electron chi connectivity index (χ0n) is 22.9. The van der Waals surface area contributed by atoms with Crippen molar-refractivity contribution in [2.24, 2.45) is 7.05 Å². The van der Waals surface area contributed by atoms with Crippen LogP contribution in [0, 0.1) is 0 Å². The summed E-state index contributed by atoms with van der Waals surface area (Å²) in [6, 6.07) is 21.0. The Morgan fingerprint density at radius 1 is 0.897 bits per heavy atom. The Morgan fingerprint density at radius 2 is 1.62 bits per heavy atom. The number of carbonyl (C=O) groups excluding carboxylic acids is 2. The molecule has 5 rings (SSSR count). The molecular weight excluding hydrogens is 490 g/mol. The maximum Gasteiger partial charge on any atom is 0.254 e. The first-order chi connectivity index (χ1) is 18.9. The number of ether oxygens (including phenoxy) is 2. The molecule has 202 valence electrons. The summed E-state index contributed by atoms with van der Waals surface area (Å²) in [5.41, 5.74) is 4.41. The van der Waals surface area contributed by atoms with Crippen molar-refractivity contribution < 1.29 is 19.1 Å². The van der Waals surface area contributed by atoms with Crippen LogP contribution in [-0.2, 0) is 18.3 Å². The van der Waals surface area contributed by atoms with Crippen molar-refractivity contribution in [1.29, 1.82) is 0 Å². The van der Waals surface area contributed by atoms with E-state index in [0.29, 0.717) is 37.5 Å². The molecule has 0 saturated heterocycles. The molecule has 1 aliphatic rings. The van der Waals surface area contributed by atoms with Crippen LogP contribution >= 0.6 is 0 Å². The van der Waals surface area contributed by atoms with Crippen molar-refractivity contribution in [3.8, 4) is 11.5 Å². The SMILES string of the molecule is CCOc1ccc(CCNC(=O)C2c3ccccc3C(=O)N(C)C2c2cn(C)c3ccccc23)cc1OCC. The molecule has 2 heterocycles. The van der Waals surface area contributed by atoms with Gasteiger partial charge in [-0.25, -0.2) is 0 Å². The summed E-state index contributed by atoms with van der Waals surface area (Å²) < 4.78 is 13.5. The second-order valence-electron chi connectivity index (χ2n) is 9.83. The molecule has 0 radical (unpaired) electrons. The van der Waals surface area contributed by atoms with E-state index in [2.05, 4.69) is 22.0 Å². The predicted molar refractivity (Wildman–Crippen MR) is 152 cm³/mol. The van der Waals surface area contributed by atoms with Gasteiger partial charge in [-0.3, -0.25) is 9.59 Å². The van der Waals surface area contributed by atoms with Crippen molar-refractivity contribution in [3.63, 3.8) is 0 Å².